The smallest absolute Gasteiger partial charge is 0.204 e. The van der Waals surface area contributed by atoms with Crippen LogP contribution < -0.4 is 0 Å². The van der Waals surface area contributed by atoms with Gasteiger partial charge in [-0.25, -0.2) is 9.37 Å². The van der Waals surface area contributed by atoms with Gasteiger partial charge in [0.05, 0.1) is 5.52 Å². The summed E-state index contributed by atoms with van der Waals surface area (Å²) >= 11 is 9.27. The molecule has 78 valence electrons. The Kier molecular flexibility index (Phi) is 2.04. The highest BCUT2D eigenvalue weighted by Crippen LogP contribution is 2.40. The highest BCUT2D eigenvalue weighted by molar-refractivity contribution is 9.10. The molecular weight excluding hydrogens is 282 g/mol. The van der Waals surface area contributed by atoms with Gasteiger partial charge in [-0.05, 0) is 36.6 Å². The number of hydrogen-bond donors (Lipinski definition) is 0. The zero-order chi connectivity index (χ0) is 10.6. The summed E-state index contributed by atoms with van der Waals surface area (Å²) in [5.41, 5.74) is 1.13. The second-order valence-electron chi connectivity index (χ2n) is 3.74. The van der Waals surface area contributed by atoms with Crippen LogP contribution >= 0.6 is 27.5 Å². The summed E-state index contributed by atoms with van der Waals surface area (Å²) in [6.07, 6.45) is 2.19. The van der Waals surface area contributed by atoms with Gasteiger partial charge in [0.1, 0.15) is 5.52 Å². The number of benzene rings is 1. The predicted molar refractivity (Wildman–Crippen MR) is 60.7 cm³/mol. The van der Waals surface area contributed by atoms with E-state index in [0.717, 1.165) is 18.4 Å². The molecule has 0 saturated heterocycles. The number of fused-ring (bicyclic) bond motifs is 1. The predicted octanol–water partition coefficient (Wildman–Crippen LogP) is 3.93. The van der Waals surface area contributed by atoms with Gasteiger partial charge in [-0.3, -0.25) is 0 Å². The molecule has 0 unspecified atom stereocenters. The van der Waals surface area contributed by atoms with Crippen molar-refractivity contribution in [3.8, 4) is 0 Å². The van der Waals surface area contributed by atoms with Gasteiger partial charge < -0.3 is 4.57 Å². The number of nitrogens with zero attached hydrogens (tertiary/aromatic N) is 2. The van der Waals surface area contributed by atoms with Gasteiger partial charge in [0.15, 0.2) is 5.82 Å². The fraction of sp³-hybridized carbons (Fsp3) is 0.300. The third kappa shape index (κ3) is 1.47. The summed E-state index contributed by atoms with van der Waals surface area (Å²) in [5.74, 6) is -0.333. The molecule has 1 heterocycles. The Hall–Kier alpha value is -0.610. The van der Waals surface area contributed by atoms with Crippen molar-refractivity contribution < 1.29 is 4.39 Å². The van der Waals surface area contributed by atoms with Crippen molar-refractivity contribution in [3.63, 3.8) is 0 Å². The van der Waals surface area contributed by atoms with Crippen LogP contribution in [-0.2, 0) is 0 Å². The van der Waals surface area contributed by atoms with E-state index >= 15 is 0 Å². The van der Waals surface area contributed by atoms with Crippen molar-refractivity contribution in [3.05, 3.63) is 27.7 Å². The molecule has 0 bridgehead atoms. The van der Waals surface area contributed by atoms with E-state index in [4.69, 9.17) is 11.6 Å². The van der Waals surface area contributed by atoms with Crippen LogP contribution in [0.3, 0.4) is 0 Å². The Morgan fingerprint density at radius 2 is 2.20 bits per heavy atom. The van der Waals surface area contributed by atoms with E-state index in [1.807, 2.05) is 10.6 Å². The average molecular weight is 290 g/mol. The van der Waals surface area contributed by atoms with E-state index in [-0.39, 0.29) is 5.82 Å². The highest BCUT2D eigenvalue weighted by Gasteiger charge is 2.28. The van der Waals surface area contributed by atoms with Gasteiger partial charge in [0.25, 0.3) is 0 Å². The summed E-state index contributed by atoms with van der Waals surface area (Å²) in [4.78, 5) is 4.05. The molecule has 3 rings (SSSR count). The lowest BCUT2D eigenvalue weighted by molar-refractivity contribution is 0.636. The first-order chi connectivity index (χ1) is 7.16. The number of imidazole rings is 1. The Morgan fingerprint density at radius 1 is 1.47 bits per heavy atom. The van der Waals surface area contributed by atoms with Gasteiger partial charge in [-0.15, -0.1) is 0 Å². The summed E-state index contributed by atoms with van der Waals surface area (Å²) in [6.45, 7) is 0. The second-order valence-corrected chi connectivity index (χ2v) is 4.99. The van der Waals surface area contributed by atoms with E-state index in [1.54, 1.807) is 0 Å². The fourth-order valence-electron chi connectivity index (χ4n) is 1.77. The third-order valence-electron chi connectivity index (χ3n) is 2.58. The van der Waals surface area contributed by atoms with Gasteiger partial charge in [0, 0.05) is 10.5 Å². The van der Waals surface area contributed by atoms with Crippen LogP contribution in [0.15, 0.2) is 16.6 Å². The van der Waals surface area contributed by atoms with Crippen molar-refractivity contribution in [2.45, 2.75) is 18.9 Å². The van der Waals surface area contributed by atoms with E-state index in [0.29, 0.717) is 21.3 Å². The zero-order valence-corrected chi connectivity index (χ0v) is 10.0. The van der Waals surface area contributed by atoms with E-state index in [2.05, 4.69) is 20.9 Å². The second kappa shape index (κ2) is 3.19. The minimum absolute atomic E-state index is 0.333. The molecule has 0 atom stereocenters. The lowest BCUT2D eigenvalue weighted by Gasteiger charge is -2.02. The van der Waals surface area contributed by atoms with Crippen LogP contribution in [0.4, 0.5) is 4.39 Å². The Labute approximate surface area is 99.2 Å². The Morgan fingerprint density at radius 3 is 2.87 bits per heavy atom. The van der Waals surface area contributed by atoms with Crippen molar-refractivity contribution in [1.82, 2.24) is 9.55 Å². The zero-order valence-electron chi connectivity index (χ0n) is 7.67. The van der Waals surface area contributed by atoms with Gasteiger partial charge in [-0.2, -0.15) is 0 Å². The van der Waals surface area contributed by atoms with E-state index in [1.165, 1.54) is 6.07 Å². The lowest BCUT2D eigenvalue weighted by atomic mass is 10.3. The summed E-state index contributed by atoms with van der Waals surface area (Å²) in [5, 5.41) is 0.379. The highest BCUT2D eigenvalue weighted by atomic mass is 79.9. The molecular formula is C10H7BrClFN2. The third-order valence-corrected chi connectivity index (χ3v) is 3.31. The lowest BCUT2D eigenvalue weighted by Crippen LogP contribution is -1.93. The van der Waals surface area contributed by atoms with Crippen LogP contribution in [0.1, 0.15) is 18.9 Å². The van der Waals surface area contributed by atoms with E-state index in [9.17, 15) is 4.39 Å². The van der Waals surface area contributed by atoms with Crippen LogP contribution in [0.25, 0.3) is 11.0 Å². The summed E-state index contributed by atoms with van der Waals surface area (Å²) < 4.78 is 16.2. The average Bonchev–Trinajstić information content (AvgIpc) is 2.91. The first kappa shape index (κ1) is 9.60. The Bertz CT molecular complexity index is 548. The molecule has 0 amide bonds. The maximum atomic E-state index is 13.6. The molecule has 1 aromatic heterocycles. The van der Waals surface area contributed by atoms with Crippen LogP contribution in [-0.4, -0.2) is 9.55 Å². The fourth-order valence-corrected chi connectivity index (χ4v) is 2.50. The summed E-state index contributed by atoms with van der Waals surface area (Å²) in [7, 11) is 0. The molecule has 5 heteroatoms. The van der Waals surface area contributed by atoms with Gasteiger partial charge in [0.2, 0.25) is 5.28 Å². The molecule has 1 fully saturated rings. The topological polar surface area (TPSA) is 17.8 Å². The molecule has 0 N–H and O–H groups in total. The minimum Gasteiger partial charge on any atom is -0.311 e. The standard InChI is InChI=1S/C10H7BrClFN2/c11-5-3-7(13)9-8(4-5)15(6-1-2-6)10(12)14-9/h3-4,6H,1-2H2. The Balaban J connectivity index is 2.38. The molecule has 1 saturated carbocycles. The van der Waals surface area contributed by atoms with E-state index < -0.39 is 0 Å². The molecule has 0 spiro atoms. The first-order valence-corrected chi connectivity index (χ1v) is 5.86. The van der Waals surface area contributed by atoms with Gasteiger partial charge >= 0.3 is 0 Å². The maximum Gasteiger partial charge on any atom is 0.204 e. The molecule has 1 aliphatic rings. The van der Waals surface area contributed by atoms with Crippen molar-refractivity contribution in [2.24, 2.45) is 0 Å². The molecule has 1 aromatic carbocycles. The largest absolute Gasteiger partial charge is 0.311 e. The van der Waals surface area contributed by atoms with Crippen molar-refractivity contribution >= 4 is 38.6 Å². The van der Waals surface area contributed by atoms with Crippen LogP contribution in [0.2, 0.25) is 5.28 Å². The molecule has 2 aromatic rings. The van der Waals surface area contributed by atoms with Crippen molar-refractivity contribution in [1.29, 1.82) is 0 Å². The van der Waals surface area contributed by atoms with Gasteiger partial charge in [-0.1, -0.05) is 15.9 Å². The normalized spacial score (nSPS) is 16.2. The summed E-state index contributed by atoms with van der Waals surface area (Å²) in [6, 6.07) is 3.66. The van der Waals surface area contributed by atoms with Crippen molar-refractivity contribution in [2.75, 3.05) is 0 Å². The SMILES string of the molecule is Fc1cc(Br)cc2c1nc(Cl)n2C1CC1. The molecule has 2 nitrogen and oxygen atoms in total. The number of hydrogen-bond acceptors (Lipinski definition) is 1. The molecule has 0 radical (unpaired) electrons. The molecule has 1 aliphatic carbocycles. The quantitative estimate of drug-likeness (QED) is 0.778. The number of rotatable bonds is 1. The van der Waals surface area contributed by atoms with Crippen LogP contribution in [0, 0.1) is 5.82 Å². The first-order valence-electron chi connectivity index (χ1n) is 4.69. The van der Waals surface area contributed by atoms with Crippen LogP contribution in [0.5, 0.6) is 0 Å². The molecule has 15 heavy (non-hydrogen) atoms. The number of halogens is 3. The number of aromatic nitrogens is 2. The minimum atomic E-state index is -0.333. The monoisotopic (exact) mass is 288 g/mol. The molecule has 0 aliphatic heterocycles. The maximum absolute atomic E-state index is 13.6.